The minimum Gasteiger partial charge on any atom is -0.366 e. The van der Waals surface area contributed by atoms with Crippen LogP contribution in [0.15, 0.2) is 29.3 Å². The Balaban J connectivity index is 0.00000280. The maximum Gasteiger partial charge on any atom is 0.194 e. The van der Waals surface area contributed by atoms with Gasteiger partial charge in [-0.05, 0) is 32.9 Å². The van der Waals surface area contributed by atoms with Gasteiger partial charge in [-0.2, -0.15) is 5.10 Å². The number of nitrogens with zero attached hydrogens (tertiary/aromatic N) is 5. The van der Waals surface area contributed by atoms with Crippen LogP contribution in [-0.4, -0.2) is 53.4 Å². The van der Waals surface area contributed by atoms with Gasteiger partial charge in [0.15, 0.2) is 5.96 Å². The topological polar surface area (TPSA) is 48.7 Å². The molecule has 0 spiro atoms. The van der Waals surface area contributed by atoms with Gasteiger partial charge in [0.1, 0.15) is 5.82 Å². The second-order valence-corrected chi connectivity index (χ2v) is 6.87. The molecule has 0 bridgehead atoms. The third-order valence-electron chi connectivity index (χ3n) is 5.15. The highest BCUT2D eigenvalue weighted by molar-refractivity contribution is 14.0. The predicted octanol–water partition coefficient (Wildman–Crippen LogP) is 3.08. The van der Waals surface area contributed by atoms with Crippen molar-refractivity contribution in [1.82, 2.24) is 20.0 Å². The monoisotopic (exact) mass is 500 g/mol. The van der Waals surface area contributed by atoms with E-state index >= 15 is 0 Å². The molecule has 28 heavy (non-hydrogen) atoms. The van der Waals surface area contributed by atoms with E-state index in [0.717, 1.165) is 50.1 Å². The molecule has 0 radical (unpaired) electrons. The van der Waals surface area contributed by atoms with E-state index in [-0.39, 0.29) is 29.8 Å². The molecule has 0 amide bonds. The molecule has 2 aromatic rings. The average molecular weight is 500 g/mol. The van der Waals surface area contributed by atoms with Gasteiger partial charge >= 0.3 is 0 Å². The quantitative estimate of drug-likeness (QED) is 0.399. The molecule has 0 atom stereocenters. The van der Waals surface area contributed by atoms with E-state index in [1.807, 2.05) is 30.8 Å². The molecule has 154 valence electrons. The van der Waals surface area contributed by atoms with Crippen molar-refractivity contribution < 1.29 is 4.39 Å². The van der Waals surface area contributed by atoms with Gasteiger partial charge in [0, 0.05) is 51.0 Å². The average Bonchev–Trinajstić information content (AvgIpc) is 2.91. The van der Waals surface area contributed by atoms with Crippen molar-refractivity contribution in [3.05, 3.63) is 47.0 Å². The number of hydrogen-bond donors (Lipinski definition) is 1. The first-order valence-corrected chi connectivity index (χ1v) is 9.53. The Bertz CT molecular complexity index is 811. The Morgan fingerprint density at radius 3 is 2.43 bits per heavy atom. The number of anilines is 1. The van der Waals surface area contributed by atoms with Gasteiger partial charge in [-0.25, -0.2) is 9.38 Å². The number of halogens is 2. The maximum atomic E-state index is 14.0. The van der Waals surface area contributed by atoms with Gasteiger partial charge in [0.2, 0.25) is 0 Å². The molecule has 2 heterocycles. The van der Waals surface area contributed by atoms with Crippen molar-refractivity contribution in [2.45, 2.75) is 27.3 Å². The lowest BCUT2D eigenvalue weighted by molar-refractivity contribution is 0.370. The molecule has 1 aromatic heterocycles. The van der Waals surface area contributed by atoms with E-state index in [4.69, 9.17) is 4.99 Å². The molecule has 8 heteroatoms. The van der Waals surface area contributed by atoms with Crippen LogP contribution in [0.2, 0.25) is 0 Å². The summed E-state index contributed by atoms with van der Waals surface area (Å²) in [6, 6.07) is 6.98. The van der Waals surface area contributed by atoms with Crippen molar-refractivity contribution in [3.63, 3.8) is 0 Å². The number of hydrogen-bond acceptors (Lipinski definition) is 3. The van der Waals surface area contributed by atoms with Crippen LogP contribution in [0, 0.1) is 19.7 Å². The van der Waals surface area contributed by atoms with E-state index < -0.39 is 0 Å². The van der Waals surface area contributed by atoms with E-state index in [9.17, 15) is 4.39 Å². The summed E-state index contributed by atoms with van der Waals surface area (Å²) in [5.74, 6) is 0.752. The lowest BCUT2D eigenvalue weighted by atomic mass is 10.2. The summed E-state index contributed by atoms with van der Waals surface area (Å²) >= 11 is 0. The lowest BCUT2D eigenvalue weighted by Gasteiger charge is -2.37. The summed E-state index contributed by atoms with van der Waals surface area (Å²) < 4.78 is 15.9. The van der Waals surface area contributed by atoms with Crippen LogP contribution < -0.4 is 10.2 Å². The molecule has 6 nitrogen and oxygen atoms in total. The van der Waals surface area contributed by atoms with Gasteiger partial charge in [0.05, 0.1) is 17.9 Å². The van der Waals surface area contributed by atoms with E-state index in [0.29, 0.717) is 12.2 Å². The van der Waals surface area contributed by atoms with E-state index in [1.54, 1.807) is 6.07 Å². The van der Waals surface area contributed by atoms with Crippen molar-refractivity contribution in [3.8, 4) is 0 Å². The minimum atomic E-state index is -0.158. The highest BCUT2D eigenvalue weighted by Gasteiger charge is 2.21. The lowest BCUT2D eigenvalue weighted by Crippen LogP contribution is -2.52. The fraction of sp³-hybridized carbons (Fsp3) is 0.500. The first-order chi connectivity index (χ1) is 13.0. The summed E-state index contributed by atoms with van der Waals surface area (Å²) in [6.07, 6.45) is 0. The van der Waals surface area contributed by atoms with Crippen LogP contribution in [0.1, 0.15) is 23.9 Å². The molecule has 1 fully saturated rings. The number of para-hydroxylation sites is 1. The summed E-state index contributed by atoms with van der Waals surface area (Å²) in [5, 5.41) is 7.86. The second kappa shape index (κ2) is 10.1. The first-order valence-electron chi connectivity index (χ1n) is 9.53. The molecular weight excluding hydrogens is 470 g/mol. The van der Waals surface area contributed by atoms with Crippen LogP contribution in [0.5, 0.6) is 0 Å². The zero-order valence-electron chi connectivity index (χ0n) is 17.1. The van der Waals surface area contributed by atoms with Crippen molar-refractivity contribution >= 4 is 35.6 Å². The first kappa shape index (κ1) is 22.4. The van der Waals surface area contributed by atoms with Gasteiger partial charge in [-0.3, -0.25) is 4.68 Å². The number of nitrogens with one attached hydrogen (secondary N) is 1. The Labute approximate surface area is 183 Å². The fourth-order valence-electron chi connectivity index (χ4n) is 3.49. The summed E-state index contributed by atoms with van der Waals surface area (Å²) in [5.41, 5.74) is 4.04. The molecule has 1 N–H and O–H groups in total. The maximum absolute atomic E-state index is 14.0. The predicted molar refractivity (Wildman–Crippen MR) is 123 cm³/mol. The number of guanidine groups is 1. The fourth-order valence-corrected chi connectivity index (χ4v) is 3.49. The number of benzene rings is 1. The third kappa shape index (κ3) is 4.95. The number of rotatable bonds is 4. The molecule has 0 unspecified atom stereocenters. The normalized spacial score (nSPS) is 14.8. The van der Waals surface area contributed by atoms with Crippen LogP contribution >= 0.6 is 24.0 Å². The molecule has 1 saturated heterocycles. The van der Waals surface area contributed by atoms with E-state index in [1.165, 1.54) is 11.6 Å². The molecule has 1 aliphatic heterocycles. The molecular formula is C20H30FIN6. The zero-order chi connectivity index (χ0) is 19.4. The highest BCUT2D eigenvalue weighted by Crippen LogP contribution is 2.20. The van der Waals surface area contributed by atoms with Crippen LogP contribution in [-0.2, 0) is 13.6 Å². The Morgan fingerprint density at radius 1 is 1.18 bits per heavy atom. The Morgan fingerprint density at radius 2 is 1.86 bits per heavy atom. The molecule has 1 aromatic carbocycles. The summed E-state index contributed by atoms with van der Waals surface area (Å²) in [7, 11) is 1.96. The number of aliphatic imine (C=N–C) groups is 1. The second-order valence-electron chi connectivity index (χ2n) is 6.87. The highest BCUT2D eigenvalue weighted by atomic mass is 127. The SMILES string of the molecule is CCNC(=NCc1c(C)nn(C)c1C)N1CCN(c2ccccc2F)CC1.I. The van der Waals surface area contributed by atoms with Crippen LogP contribution in [0.4, 0.5) is 10.1 Å². The number of aromatic nitrogens is 2. The summed E-state index contributed by atoms with van der Waals surface area (Å²) in [4.78, 5) is 9.20. The number of aryl methyl sites for hydroxylation is 2. The Hall–Kier alpha value is -1.84. The molecule has 1 aliphatic rings. The van der Waals surface area contributed by atoms with Gasteiger partial charge in [-0.15, -0.1) is 24.0 Å². The van der Waals surface area contributed by atoms with Gasteiger partial charge in [0.25, 0.3) is 0 Å². The third-order valence-corrected chi connectivity index (χ3v) is 5.15. The smallest absolute Gasteiger partial charge is 0.194 e. The minimum absolute atomic E-state index is 0. The van der Waals surface area contributed by atoms with Crippen LogP contribution in [0.25, 0.3) is 0 Å². The molecule has 0 saturated carbocycles. The standard InChI is InChI=1S/C20H29FN6.HI/c1-5-22-20(23-14-17-15(2)24-25(4)16(17)3)27-12-10-26(11-13-27)19-9-7-6-8-18(19)21;/h6-9H,5,10-14H2,1-4H3,(H,22,23);1H. The number of piperazine rings is 1. The zero-order valence-corrected chi connectivity index (χ0v) is 19.4. The van der Waals surface area contributed by atoms with Crippen LogP contribution in [0.3, 0.4) is 0 Å². The van der Waals surface area contributed by atoms with E-state index in [2.05, 4.69) is 34.1 Å². The van der Waals surface area contributed by atoms with Crippen molar-refractivity contribution in [1.29, 1.82) is 0 Å². The van der Waals surface area contributed by atoms with Gasteiger partial charge < -0.3 is 15.1 Å². The summed E-state index contributed by atoms with van der Waals surface area (Å²) in [6.45, 7) is 10.8. The van der Waals surface area contributed by atoms with Crippen molar-refractivity contribution in [2.24, 2.45) is 12.0 Å². The van der Waals surface area contributed by atoms with Crippen molar-refractivity contribution in [2.75, 3.05) is 37.6 Å². The molecule has 0 aliphatic carbocycles. The van der Waals surface area contributed by atoms with Gasteiger partial charge in [-0.1, -0.05) is 12.1 Å². The Kier molecular flexibility index (Phi) is 8.09. The largest absolute Gasteiger partial charge is 0.366 e. The molecule has 3 rings (SSSR count).